The molecule has 0 unspecified atom stereocenters. The van der Waals surface area contributed by atoms with Gasteiger partial charge in [-0.1, -0.05) is 145 Å². The lowest BCUT2D eigenvalue weighted by Gasteiger charge is -2.38. The Balaban J connectivity index is 1.56. The van der Waals surface area contributed by atoms with Crippen molar-refractivity contribution in [2.45, 2.75) is 29.8 Å². The number of ether oxygens (including phenoxy) is 2. The summed E-state index contributed by atoms with van der Waals surface area (Å²) < 4.78 is 13.1. The van der Waals surface area contributed by atoms with E-state index in [1.54, 1.807) is 0 Å². The molecule has 190 valence electrons. The van der Waals surface area contributed by atoms with Gasteiger partial charge in [0.25, 0.3) is 0 Å². The molecule has 0 amide bonds. The van der Waals surface area contributed by atoms with Gasteiger partial charge >= 0.3 is 0 Å². The van der Waals surface area contributed by atoms with Crippen LogP contribution >= 0.6 is 39.0 Å². The van der Waals surface area contributed by atoms with Crippen molar-refractivity contribution in [3.05, 3.63) is 121 Å². The van der Waals surface area contributed by atoms with E-state index >= 15 is 0 Å². The molecular weight excluding hydrogens is 537 g/mol. The molecule has 1 saturated heterocycles. The molecule has 2 atom stereocenters. The minimum absolute atomic E-state index is 0.525. The van der Waals surface area contributed by atoms with E-state index in [0.29, 0.717) is 12.3 Å². The van der Waals surface area contributed by atoms with E-state index in [2.05, 4.69) is 97.1 Å². The fraction of sp³-hybridized carbons (Fsp3) is 0.226. The van der Waals surface area contributed by atoms with Crippen LogP contribution in [0.1, 0.15) is 13.8 Å². The van der Waals surface area contributed by atoms with Crippen LogP contribution in [0.15, 0.2) is 121 Å². The van der Waals surface area contributed by atoms with Gasteiger partial charge in [-0.25, -0.2) is 0 Å². The Morgan fingerprint density at radius 2 is 0.730 bits per heavy atom. The molecule has 1 aliphatic heterocycles. The molecule has 2 nitrogen and oxygen atoms in total. The Morgan fingerprint density at radius 1 is 0.486 bits per heavy atom. The second kappa shape index (κ2) is 11.2. The second-order valence-electron chi connectivity index (χ2n) is 9.58. The summed E-state index contributed by atoms with van der Waals surface area (Å²) in [6.07, 6.45) is 1.05. The third-order valence-electron chi connectivity index (χ3n) is 6.37. The Morgan fingerprint density at radius 3 is 0.973 bits per heavy atom. The molecule has 4 aromatic carbocycles. The summed E-state index contributed by atoms with van der Waals surface area (Å²) in [5.41, 5.74) is 0. The van der Waals surface area contributed by atoms with Gasteiger partial charge in [-0.2, -0.15) is 0 Å². The Kier molecular flexibility index (Phi) is 8.09. The molecule has 0 saturated carbocycles. The number of rotatable bonds is 8. The first kappa shape index (κ1) is 26.8. The highest BCUT2D eigenvalue weighted by atomic mass is 35.5. The van der Waals surface area contributed by atoms with Crippen LogP contribution in [0, 0.1) is 0 Å². The molecule has 0 aliphatic carbocycles. The van der Waals surface area contributed by atoms with Crippen LogP contribution in [-0.2, 0) is 9.47 Å². The molecule has 0 radical (unpaired) electrons. The second-order valence-corrected chi connectivity index (χ2v) is 15.2. The lowest BCUT2D eigenvalue weighted by Crippen LogP contribution is -2.49. The summed E-state index contributed by atoms with van der Waals surface area (Å²) in [7, 11) is -1.72. The first-order chi connectivity index (χ1) is 17.8. The van der Waals surface area contributed by atoms with Crippen molar-refractivity contribution in [2.24, 2.45) is 0 Å². The molecule has 1 heterocycles. The standard InChI is InChI=1S/C31H30Cl2O2P2/c1-29(2)34-30(32,23-36(25-15-7-3-8-16-25)26-17-9-4-10-18-26)31(33,35-29)24-37(27-19-11-5-12-20-27)28-21-13-6-14-22-28/h3-22H,23-24H2,1-2H3/t30-,31-/m1/s1. The van der Waals surface area contributed by atoms with Crippen LogP contribution in [0.5, 0.6) is 0 Å². The number of halogens is 2. The van der Waals surface area contributed by atoms with Crippen molar-refractivity contribution in [3.63, 3.8) is 0 Å². The average Bonchev–Trinajstić information content (AvgIpc) is 3.10. The van der Waals surface area contributed by atoms with E-state index in [0.717, 1.165) is 0 Å². The van der Waals surface area contributed by atoms with Crippen molar-refractivity contribution in [2.75, 3.05) is 12.3 Å². The van der Waals surface area contributed by atoms with E-state index in [1.165, 1.54) is 21.2 Å². The molecule has 6 heteroatoms. The summed E-state index contributed by atoms with van der Waals surface area (Å²) in [4.78, 5) is 0. The monoisotopic (exact) mass is 566 g/mol. The van der Waals surface area contributed by atoms with Crippen LogP contribution in [0.2, 0.25) is 0 Å². The van der Waals surface area contributed by atoms with E-state index in [9.17, 15) is 0 Å². The van der Waals surface area contributed by atoms with Gasteiger partial charge in [0.2, 0.25) is 0 Å². The van der Waals surface area contributed by atoms with E-state index in [1.807, 2.05) is 38.1 Å². The molecule has 1 fully saturated rings. The number of hydrogen-bond donors (Lipinski definition) is 0. The maximum Gasteiger partial charge on any atom is 0.192 e. The highest BCUT2D eigenvalue weighted by molar-refractivity contribution is 7.73. The molecule has 5 rings (SSSR count). The fourth-order valence-electron chi connectivity index (χ4n) is 4.75. The average molecular weight is 567 g/mol. The van der Waals surface area contributed by atoms with Crippen LogP contribution in [0.4, 0.5) is 0 Å². The van der Waals surface area contributed by atoms with Gasteiger partial charge < -0.3 is 9.47 Å². The third kappa shape index (κ3) is 5.97. The highest BCUT2D eigenvalue weighted by Gasteiger charge is 2.63. The first-order valence-electron chi connectivity index (χ1n) is 12.3. The zero-order valence-electron chi connectivity index (χ0n) is 20.9. The largest absolute Gasteiger partial charge is 0.324 e. The topological polar surface area (TPSA) is 18.5 Å². The van der Waals surface area contributed by atoms with Gasteiger partial charge in [-0.05, 0) is 50.9 Å². The summed E-state index contributed by atoms with van der Waals surface area (Å²) in [6, 6.07) is 42.0. The highest BCUT2D eigenvalue weighted by Crippen LogP contribution is 2.58. The zero-order valence-corrected chi connectivity index (χ0v) is 24.2. The molecular formula is C31H30Cl2O2P2. The molecule has 37 heavy (non-hydrogen) atoms. The quantitative estimate of drug-likeness (QED) is 0.170. The molecule has 1 aliphatic rings. The van der Waals surface area contributed by atoms with Crippen molar-refractivity contribution in [1.82, 2.24) is 0 Å². The molecule has 0 N–H and O–H groups in total. The maximum absolute atomic E-state index is 7.52. The smallest absolute Gasteiger partial charge is 0.192 e. The summed E-state index contributed by atoms with van der Waals surface area (Å²) in [6.45, 7) is 3.80. The number of hydrogen-bond acceptors (Lipinski definition) is 2. The summed E-state index contributed by atoms with van der Waals surface area (Å²) >= 11 is 15.0. The first-order valence-corrected chi connectivity index (χ1v) is 16.1. The lowest BCUT2D eigenvalue weighted by molar-refractivity contribution is -0.151. The van der Waals surface area contributed by atoms with Crippen molar-refractivity contribution < 1.29 is 9.47 Å². The normalized spacial score (nSPS) is 23.0. The molecule has 0 spiro atoms. The number of alkyl halides is 2. The Hall–Kier alpha value is -1.76. The predicted molar refractivity (Wildman–Crippen MR) is 161 cm³/mol. The van der Waals surface area contributed by atoms with E-state index in [4.69, 9.17) is 32.7 Å². The van der Waals surface area contributed by atoms with Gasteiger partial charge in [0, 0.05) is 12.3 Å². The molecule has 4 aromatic rings. The van der Waals surface area contributed by atoms with E-state index in [-0.39, 0.29) is 0 Å². The fourth-order valence-corrected chi connectivity index (χ4v) is 11.1. The van der Waals surface area contributed by atoms with Crippen LogP contribution in [0.25, 0.3) is 0 Å². The van der Waals surface area contributed by atoms with Crippen molar-refractivity contribution in [1.29, 1.82) is 0 Å². The molecule has 0 bridgehead atoms. The zero-order chi connectivity index (χ0) is 25.9. The van der Waals surface area contributed by atoms with Crippen molar-refractivity contribution >= 4 is 60.3 Å². The van der Waals surface area contributed by atoms with Crippen molar-refractivity contribution in [3.8, 4) is 0 Å². The van der Waals surface area contributed by atoms with Gasteiger partial charge in [0.05, 0.1) is 0 Å². The minimum atomic E-state index is -1.24. The van der Waals surface area contributed by atoms with Crippen LogP contribution < -0.4 is 21.2 Å². The SMILES string of the molecule is CC1(C)O[C@](Cl)(CP(c2ccccc2)c2ccccc2)[C@@](Cl)(CP(c2ccccc2)c2ccccc2)O1. The predicted octanol–water partition coefficient (Wildman–Crippen LogP) is 6.91. The van der Waals surface area contributed by atoms with Gasteiger partial charge in [0.15, 0.2) is 15.9 Å². The van der Waals surface area contributed by atoms with Gasteiger partial charge in [0.1, 0.15) is 0 Å². The Bertz CT molecular complexity index is 1110. The summed E-state index contributed by atoms with van der Waals surface area (Å²) in [5.74, 6) is -0.924. The Labute approximate surface area is 232 Å². The third-order valence-corrected chi connectivity index (χ3v) is 13.1. The summed E-state index contributed by atoms with van der Waals surface area (Å²) in [5, 5.41) is 2.43. The van der Waals surface area contributed by atoms with Gasteiger partial charge in [-0.3, -0.25) is 0 Å². The van der Waals surface area contributed by atoms with E-state index < -0.39 is 31.8 Å². The van der Waals surface area contributed by atoms with Gasteiger partial charge in [-0.15, -0.1) is 0 Å². The maximum atomic E-state index is 7.52. The van der Waals surface area contributed by atoms with Crippen LogP contribution in [0.3, 0.4) is 0 Å². The van der Waals surface area contributed by atoms with Crippen LogP contribution in [-0.4, -0.2) is 28.2 Å². The minimum Gasteiger partial charge on any atom is -0.324 e. The number of benzene rings is 4. The molecule has 0 aromatic heterocycles. The lowest BCUT2D eigenvalue weighted by atomic mass is 10.2.